The van der Waals surface area contributed by atoms with Crippen molar-refractivity contribution in [1.82, 2.24) is 10.6 Å². The van der Waals surface area contributed by atoms with Crippen molar-refractivity contribution >= 4 is 6.03 Å². The summed E-state index contributed by atoms with van der Waals surface area (Å²) in [6, 6.07) is 15.9. The highest BCUT2D eigenvalue weighted by Crippen LogP contribution is 2.14. The molecule has 2 aromatic carbocycles. The van der Waals surface area contributed by atoms with E-state index >= 15 is 0 Å². The highest BCUT2D eigenvalue weighted by molar-refractivity contribution is 5.74. The molecular formula is C20H26N2O2. The lowest BCUT2D eigenvalue weighted by atomic mass is 10.1. The summed E-state index contributed by atoms with van der Waals surface area (Å²) in [5.41, 5.74) is 3.43. The van der Waals surface area contributed by atoms with Crippen LogP contribution in [0.4, 0.5) is 4.79 Å². The molecule has 0 saturated heterocycles. The van der Waals surface area contributed by atoms with Gasteiger partial charge in [-0.25, -0.2) is 4.79 Å². The number of nitrogens with one attached hydrogen (secondary N) is 2. The highest BCUT2D eigenvalue weighted by atomic mass is 16.5. The van der Waals surface area contributed by atoms with Gasteiger partial charge in [0, 0.05) is 6.54 Å². The molecule has 0 aromatic heterocycles. The molecule has 0 saturated carbocycles. The molecule has 1 unspecified atom stereocenters. The molecule has 24 heavy (non-hydrogen) atoms. The van der Waals surface area contributed by atoms with E-state index in [1.807, 2.05) is 38.1 Å². The summed E-state index contributed by atoms with van der Waals surface area (Å²) < 4.78 is 5.40. The van der Waals surface area contributed by atoms with E-state index in [4.69, 9.17) is 4.74 Å². The molecule has 0 spiro atoms. The number of benzene rings is 2. The number of amides is 2. The third-order valence-corrected chi connectivity index (χ3v) is 3.92. The maximum atomic E-state index is 12.0. The Bertz CT molecular complexity index is 636. The van der Waals surface area contributed by atoms with Gasteiger partial charge in [-0.05, 0) is 49.1 Å². The molecule has 2 aromatic rings. The van der Waals surface area contributed by atoms with Crippen molar-refractivity contribution in [2.45, 2.75) is 39.8 Å². The summed E-state index contributed by atoms with van der Waals surface area (Å²) in [5, 5.41) is 5.84. The lowest BCUT2D eigenvalue weighted by molar-refractivity contribution is 0.237. The van der Waals surface area contributed by atoms with Crippen molar-refractivity contribution in [3.63, 3.8) is 0 Å². The predicted octanol–water partition coefficient (Wildman–Crippen LogP) is 4.21. The van der Waals surface area contributed by atoms with Crippen molar-refractivity contribution in [2.24, 2.45) is 0 Å². The van der Waals surface area contributed by atoms with Gasteiger partial charge in [0.1, 0.15) is 5.75 Å². The summed E-state index contributed by atoms with van der Waals surface area (Å²) in [6.45, 7) is 7.20. The third-order valence-electron chi connectivity index (χ3n) is 3.92. The fraction of sp³-hybridized carbons (Fsp3) is 0.350. The molecule has 4 heteroatoms. The fourth-order valence-corrected chi connectivity index (χ4v) is 2.43. The van der Waals surface area contributed by atoms with Gasteiger partial charge in [0.25, 0.3) is 0 Å². The van der Waals surface area contributed by atoms with E-state index in [2.05, 4.69) is 41.8 Å². The molecular weight excluding hydrogens is 300 g/mol. The zero-order valence-electron chi connectivity index (χ0n) is 14.6. The number of carbonyl (C=O) groups is 1. The minimum absolute atomic E-state index is 0.0313. The Labute approximate surface area is 144 Å². The molecule has 0 aliphatic carbocycles. The average molecular weight is 326 g/mol. The van der Waals surface area contributed by atoms with Crippen LogP contribution in [0.2, 0.25) is 0 Å². The first-order valence-corrected chi connectivity index (χ1v) is 8.47. The Morgan fingerprint density at radius 3 is 2.21 bits per heavy atom. The molecule has 0 fully saturated rings. The number of aryl methyl sites for hydroxylation is 1. The molecule has 0 radical (unpaired) electrons. The van der Waals surface area contributed by atoms with Gasteiger partial charge in [0.2, 0.25) is 0 Å². The number of hydrogen-bond donors (Lipinski definition) is 2. The van der Waals surface area contributed by atoms with Crippen LogP contribution in [0.15, 0.2) is 48.5 Å². The minimum atomic E-state index is -0.170. The second-order valence-electron chi connectivity index (χ2n) is 5.72. The van der Waals surface area contributed by atoms with Gasteiger partial charge in [0.05, 0.1) is 12.6 Å². The van der Waals surface area contributed by atoms with Crippen LogP contribution in [-0.2, 0) is 13.0 Å². The third kappa shape index (κ3) is 5.30. The van der Waals surface area contributed by atoms with Crippen LogP contribution >= 0.6 is 0 Å². The van der Waals surface area contributed by atoms with E-state index in [-0.39, 0.29) is 12.1 Å². The lowest BCUT2D eigenvalue weighted by Gasteiger charge is -2.15. The largest absolute Gasteiger partial charge is 0.494 e. The van der Waals surface area contributed by atoms with Crippen molar-refractivity contribution in [1.29, 1.82) is 0 Å². The molecule has 0 bridgehead atoms. The Morgan fingerprint density at radius 2 is 1.62 bits per heavy atom. The molecule has 2 amide bonds. The van der Waals surface area contributed by atoms with Gasteiger partial charge in [-0.2, -0.15) is 0 Å². The van der Waals surface area contributed by atoms with Crippen LogP contribution in [-0.4, -0.2) is 12.6 Å². The molecule has 1 atom stereocenters. The molecule has 2 rings (SSSR count). The van der Waals surface area contributed by atoms with Crippen LogP contribution in [0.1, 0.15) is 43.5 Å². The number of ether oxygens (including phenoxy) is 1. The van der Waals surface area contributed by atoms with Gasteiger partial charge in [-0.15, -0.1) is 0 Å². The van der Waals surface area contributed by atoms with Crippen molar-refractivity contribution in [2.75, 3.05) is 6.61 Å². The number of carbonyl (C=O) groups excluding carboxylic acids is 1. The van der Waals surface area contributed by atoms with E-state index in [0.29, 0.717) is 13.2 Å². The average Bonchev–Trinajstić information content (AvgIpc) is 2.61. The lowest BCUT2D eigenvalue weighted by Crippen LogP contribution is -2.36. The normalized spacial score (nSPS) is 11.6. The van der Waals surface area contributed by atoms with E-state index in [1.54, 1.807) is 0 Å². The standard InChI is InChI=1S/C20H26N2O2/c1-4-16-6-10-18(11-7-16)15(3)22-20(23)21-14-17-8-12-19(13-9-17)24-5-2/h6-13,15H,4-5,14H2,1-3H3,(H2,21,22,23). The Balaban J connectivity index is 1.81. The molecule has 0 aliphatic rings. The van der Waals surface area contributed by atoms with Crippen LogP contribution in [0.25, 0.3) is 0 Å². The van der Waals surface area contributed by atoms with Crippen LogP contribution in [0, 0.1) is 0 Å². The van der Waals surface area contributed by atoms with Gasteiger partial charge in [-0.3, -0.25) is 0 Å². The quantitative estimate of drug-likeness (QED) is 0.801. The van der Waals surface area contributed by atoms with Crippen LogP contribution in [0.5, 0.6) is 5.75 Å². The topological polar surface area (TPSA) is 50.4 Å². The summed E-state index contributed by atoms with van der Waals surface area (Å²) in [4.78, 5) is 12.0. The Kier molecular flexibility index (Phi) is 6.67. The molecule has 4 nitrogen and oxygen atoms in total. The summed E-state index contributed by atoms with van der Waals surface area (Å²) in [5.74, 6) is 0.842. The molecule has 2 N–H and O–H groups in total. The second-order valence-corrected chi connectivity index (χ2v) is 5.72. The van der Waals surface area contributed by atoms with Gasteiger partial charge < -0.3 is 15.4 Å². The maximum absolute atomic E-state index is 12.0. The number of urea groups is 1. The molecule has 0 aliphatic heterocycles. The van der Waals surface area contributed by atoms with E-state index in [1.165, 1.54) is 5.56 Å². The Morgan fingerprint density at radius 1 is 1.00 bits per heavy atom. The number of hydrogen-bond acceptors (Lipinski definition) is 2. The first-order valence-electron chi connectivity index (χ1n) is 8.47. The van der Waals surface area contributed by atoms with Crippen molar-refractivity contribution < 1.29 is 9.53 Å². The van der Waals surface area contributed by atoms with Gasteiger partial charge in [0.15, 0.2) is 0 Å². The first-order chi connectivity index (χ1) is 11.6. The zero-order chi connectivity index (χ0) is 17.4. The Hall–Kier alpha value is -2.49. The van der Waals surface area contributed by atoms with Crippen molar-refractivity contribution in [3.05, 3.63) is 65.2 Å². The SMILES string of the molecule is CCOc1ccc(CNC(=O)NC(C)c2ccc(CC)cc2)cc1. The number of rotatable bonds is 7. The molecule has 128 valence electrons. The van der Waals surface area contributed by atoms with Crippen molar-refractivity contribution in [3.8, 4) is 5.75 Å². The minimum Gasteiger partial charge on any atom is -0.494 e. The fourth-order valence-electron chi connectivity index (χ4n) is 2.43. The van der Waals surface area contributed by atoms with E-state index in [9.17, 15) is 4.79 Å². The van der Waals surface area contributed by atoms with Crippen LogP contribution in [0.3, 0.4) is 0 Å². The van der Waals surface area contributed by atoms with E-state index in [0.717, 1.165) is 23.3 Å². The summed E-state index contributed by atoms with van der Waals surface area (Å²) >= 11 is 0. The zero-order valence-corrected chi connectivity index (χ0v) is 14.6. The van der Waals surface area contributed by atoms with Gasteiger partial charge >= 0.3 is 6.03 Å². The predicted molar refractivity (Wildman–Crippen MR) is 97.2 cm³/mol. The second kappa shape index (κ2) is 8.96. The highest BCUT2D eigenvalue weighted by Gasteiger charge is 2.09. The summed E-state index contributed by atoms with van der Waals surface area (Å²) in [6.07, 6.45) is 1.02. The summed E-state index contributed by atoms with van der Waals surface area (Å²) in [7, 11) is 0. The van der Waals surface area contributed by atoms with Gasteiger partial charge in [-0.1, -0.05) is 43.3 Å². The molecule has 0 heterocycles. The first kappa shape index (κ1) is 17.9. The monoisotopic (exact) mass is 326 g/mol. The van der Waals surface area contributed by atoms with Crippen LogP contribution < -0.4 is 15.4 Å². The maximum Gasteiger partial charge on any atom is 0.315 e. The smallest absolute Gasteiger partial charge is 0.315 e. The van der Waals surface area contributed by atoms with E-state index < -0.39 is 0 Å².